The molecule has 2 aromatic carbocycles. The molecule has 0 amide bonds. The number of hydrogen-bond donors (Lipinski definition) is 0. The third-order valence-electron chi connectivity index (χ3n) is 3.08. The summed E-state index contributed by atoms with van der Waals surface area (Å²) >= 11 is 3.78. The molecule has 0 spiro atoms. The van der Waals surface area contributed by atoms with Crippen molar-refractivity contribution in [1.29, 1.82) is 0 Å². The van der Waals surface area contributed by atoms with Crippen LogP contribution in [-0.2, 0) is 0 Å². The second-order valence-electron chi connectivity index (χ2n) is 4.23. The first-order chi connectivity index (χ1) is 8.86. The topological polar surface area (TPSA) is 3.88 Å². The third kappa shape index (κ3) is 2.04. The van der Waals surface area contributed by atoms with Gasteiger partial charge in [0.15, 0.2) is 12.4 Å². The quantitative estimate of drug-likeness (QED) is 0.496. The lowest BCUT2D eigenvalue weighted by molar-refractivity contribution is -0.689. The summed E-state index contributed by atoms with van der Waals surface area (Å²) in [5, 5.41) is 2.56. The van der Waals surface area contributed by atoms with E-state index in [4.69, 9.17) is 0 Å². The molecule has 0 aliphatic rings. The lowest BCUT2D eigenvalue weighted by Gasteiger charge is -2.09. The van der Waals surface area contributed by atoms with Crippen molar-refractivity contribution in [1.82, 2.24) is 0 Å². The minimum atomic E-state index is 0.157. The average Bonchev–Trinajstić information content (AvgIpc) is 2.47. The van der Waals surface area contributed by atoms with Crippen LogP contribution in [0.2, 0.25) is 0 Å². The number of fused-ring (bicyclic) bond motifs is 1. The molecule has 1 unspecified atom stereocenters. The first-order valence-electron chi connectivity index (χ1n) is 5.94. The maximum atomic E-state index is 3.78. The number of hydrogen-bond acceptors (Lipinski definition) is 0. The van der Waals surface area contributed by atoms with Crippen LogP contribution in [0.4, 0.5) is 0 Å². The Morgan fingerprint density at radius 1 is 0.778 bits per heavy atom. The smallest absolute Gasteiger partial charge is 0.188 e. The summed E-state index contributed by atoms with van der Waals surface area (Å²) in [5.74, 6) is 0. The van der Waals surface area contributed by atoms with E-state index in [2.05, 4.69) is 75.4 Å². The maximum absolute atomic E-state index is 3.78. The predicted octanol–water partition coefficient (Wildman–Crippen LogP) is 4.07. The van der Waals surface area contributed by atoms with Crippen molar-refractivity contribution in [3.8, 4) is 0 Å². The maximum Gasteiger partial charge on any atom is 0.238 e. The van der Waals surface area contributed by atoms with Crippen LogP contribution in [0.25, 0.3) is 10.8 Å². The summed E-state index contributed by atoms with van der Waals surface area (Å²) in [6, 6.07) is 21.0. The van der Waals surface area contributed by atoms with Crippen LogP contribution in [0.3, 0.4) is 0 Å². The van der Waals surface area contributed by atoms with Gasteiger partial charge in [0.05, 0.1) is 0 Å². The molecule has 0 saturated carbocycles. The second-order valence-corrected chi connectivity index (χ2v) is 5.09. The van der Waals surface area contributed by atoms with Gasteiger partial charge >= 0.3 is 0 Å². The molecule has 0 N–H and O–H groups in total. The zero-order valence-electron chi connectivity index (χ0n) is 9.83. The molecule has 2 heteroatoms. The summed E-state index contributed by atoms with van der Waals surface area (Å²) in [7, 11) is 0. The van der Waals surface area contributed by atoms with Gasteiger partial charge in [-0.05, 0) is 26.7 Å². The van der Waals surface area contributed by atoms with E-state index in [1.165, 1.54) is 16.3 Å². The molecule has 3 rings (SSSR count). The minimum Gasteiger partial charge on any atom is -0.188 e. The molecule has 0 saturated heterocycles. The van der Waals surface area contributed by atoms with Crippen LogP contribution < -0.4 is 4.57 Å². The van der Waals surface area contributed by atoms with E-state index >= 15 is 0 Å². The fourth-order valence-corrected chi connectivity index (χ4v) is 2.85. The van der Waals surface area contributed by atoms with E-state index in [-0.39, 0.29) is 4.95 Å². The van der Waals surface area contributed by atoms with Crippen LogP contribution in [0.15, 0.2) is 73.1 Å². The highest BCUT2D eigenvalue weighted by atomic mass is 79.9. The highest BCUT2D eigenvalue weighted by Crippen LogP contribution is 2.27. The van der Waals surface area contributed by atoms with Crippen molar-refractivity contribution in [2.75, 3.05) is 0 Å². The summed E-state index contributed by atoms with van der Waals surface area (Å²) in [6.07, 6.45) is 4.14. The standard InChI is InChI=1S/C16H13BrN/c17-16(18-11-4-1-5-12-18)15-10-6-8-13-7-2-3-9-14(13)15/h1-12,16H/q+1. The van der Waals surface area contributed by atoms with Gasteiger partial charge in [-0.1, -0.05) is 48.5 Å². The van der Waals surface area contributed by atoms with Gasteiger partial charge in [-0.15, -0.1) is 0 Å². The molecule has 18 heavy (non-hydrogen) atoms. The molecule has 1 atom stereocenters. The van der Waals surface area contributed by atoms with Crippen molar-refractivity contribution < 1.29 is 4.57 Å². The van der Waals surface area contributed by atoms with E-state index in [1.807, 2.05) is 18.2 Å². The van der Waals surface area contributed by atoms with E-state index in [0.717, 1.165) is 0 Å². The summed E-state index contributed by atoms with van der Waals surface area (Å²) in [5.41, 5.74) is 1.28. The molecule has 0 aliphatic carbocycles. The highest BCUT2D eigenvalue weighted by Gasteiger charge is 2.18. The van der Waals surface area contributed by atoms with E-state index in [9.17, 15) is 0 Å². The van der Waals surface area contributed by atoms with Crippen molar-refractivity contribution in [2.24, 2.45) is 0 Å². The normalized spacial score (nSPS) is 12.5. The second kappa shape index (κ2) is 4.91. The van der Waals surface area contributed by atoms with Crippen molar-refractivity contribution in [3.05, 3.63) is 78.6 Å². The number of aromatic nitrogens is 1. The Balaban J connectivity index is 2.15. The molecular weight excluding hydrogens is 286 g/mol. The van der Waals surface area contributed by atoms with Crippen LogP contribution in [0.5, 0.6) is 0 Å². The zero-order valence-corrected chi connectivity index (χ0v) is 11.4. The Kier molecular flexibility index (Phi) is 3.11. The van der Waals surface area contributed by atoms with Crippen molar-refractivity contribution in [2.45, 2.75) is 4.95 Å². The lowest BCUT2D eigenvalue weighted by Crippen LogP contribution is -2.35. The number of halogens is 1. The third-order valence-corrected chi connectivity index (χ3v) is 4.05. The average molecular weight is 299 g/mol. The van der Waals surface area contributed by atoms with Gasteiger partial charge in [0.1, 0.15) is 0 Å². The number of alkyl halides is 1. The molecule has 0 bridgehead atoms. The first-order valence-corrected chi connectivity index (χ1v) is 6.85. The molecule has 3 aromatic rings. The summed E-state index contributed by atoms with van der Waals surface area (Å²) < 4.78 is 2.15. The van der Waals surface area contributed by atoms with Crippen molar-refractivity contribution in [3.63, 3.8) is 0 Å². The highest BCUT2D eigenvalue weighted by molar-refractivity contribution is 9.09. The van der Waals surface area contributed by atoms with Crippen LogP contribution >= 0.6 is 15.9 Å². The fraction of sp³-hybridized carbons (Fsp3) is 0.0625. The summed E-state index contributed by atoms with van der Waals surface area (Å²) in [6.45, 7) is 0. The van der Waals surface area contributed by atoms with Gasteiger partial charge in [0.2, 0.25) is 4.95 Å². The van der Waals surface area contributed by atoms with E-state index in [1.54, 1.807) is 0 Å². The van der Waals surface area contributed by atoms with E-state index < -0.39 is 0 Å². The van der Waals surface area contributed by atoms with Crippen molar-refractivity contribution >= 4 is 26.7 Å². The van der Waals surface area contributed by atoms with Gasteiger partial charge in [0.25, 0.3) is 0 Å². The number of rotatable bonds is 2. The Bertz CT molecular complexity index is 659. The number of pyridine rings is 1. The molecule has 0 fully saturated rings. The molecule has 1 heterocycles. The Morgan fingerprint density at radius 2 is 1.50 bits per heavy atom. The Morgan fingerprint density at radius 3 is 2.33 bits per heavy atom. The van der Waals surface area contributed by atoms with Crippen LogP contribution in [0.1, 0.15) is 10.5 Å². The van der Waals surface area contributed by atoms with Gasteiger partial charge in [0, 0.05) is 17.7 Å². The fourth-order valence-electron chi connectivity index (χ4n) is 2.18. The molecule has 1 aromatic heterocycles. The molecule has 0 radical (unpaired) electrons. The predicted molar refractivity (Wildman–Crippen MR) is 77.7 cm³/mol. The van der Waals surface area contributed by atoms with Gasteiger partial charge in [-0.3, -0.25) is 0 Å². The van der Waals surface area contributed by atoms with Gasteiger partial charge in [-0.2, -0.15) is 4.57 Å². The largest absolute Gasteiger partial charge is 0.238 e. The lowest BCUT2D eigenvalue weighted by atomic mass is 10.0. The van der Waals surface area contributed by atoms with Gasteiger partial charge in [-0.25, -0.2) is 0 Å². The zero-order chi connectivity index (χ0) is 12.4. The molecule has 0 aliphatic heterocycles. The molecule has 1 nitrogen and oxygen atoms in total. The SMILES string of the molecule is BrC(c1cccc2ccccc12)[n+]1ccccc1. The number of nitrogens with zero attached hydrogens (tertiary/aromatic N) is 1. The molecular formula is C16H13BrN+. The van der Waals surface area contributed by atoms with E-state index in [0.29, 0.717) is 0 Å². The molecule has 88 valence electrons. The minimum absolute atomic E-state index is 0.157. The Hall–Kier alpha value is -1.67. The monoisotopic (exact) mass is 298 g/mol. The summed E-state index contributed by atoms with van der Waals surface area (Å²) in [4.78, 5) is 0.157. The van der Waals surface area contributed by atoms with Gasteiger partial charge < -0.3 is 0 Å². The first kappa shape index (κ1) is 11.4. The van der Waals surface area contributed by atoms with Crippen LogP contribution in [0, 0.1) is 0 Å². The Labute approximate surface area is 115 Å². The van der Waals surface area contributed by atoms with Crippen LogP contribution in [-0.4, -0.2) is 0 Å². The number of benzene rings is 2.